The fourth-order valence-electron chi connectivity index (χ4n) is 2.13. The normalized spacial score (nSPS) is 12.2. The average Bonchev–Trinajstić information content (AvgIpc) is 2.41. The van der Waals surface area contributed by atoms with Gasteiger partial charge in [-0.3, -0.25) is 0 Å². The number of nitrogens with two attached hydrogens (primary N) is 1. The van der Waals surface area contributed by atoms with E-state index in [0.29, 0.717) is 25.0 Å². The summed E-state index contributed by atoms with van der Waals surface area (Å²) < 4.78 is 5.79. The van der Waals surface area contributed by atoms with E-state index in [2.05, 4.69) is 52.3 Å². The lowest BCUT2D eigenvalue weighted by molar-refractivity contribution is 0.114. The van der Waals surface area contributed by atoms with Crippen molar-refractivity contribution in [2.24, 2.45) is 0 Å². The smallest absolute Gasteiger partial charge is 0.228 e. The van der Waals surface area contributed by atoms with Gasteiger partial charge in [-0.2, -0.15) is 15.0 Å². The molecule has 0 aliphatic heterocycles. The minimum atomic E-state index is 0.0753. The molecule has 2 rings (SSSR count). The molecule has 1 atom stereocenters. The molecule has 22 heavy (non-hydrogen) atoms. The van der Waals surface area contributed by atoms with Crippen molar-refractivity contribution >= 4 is 11.9 Å². The van der Waals surface area contributed by atoms with Gasteiger partial charge < -0.3 is 15.8 Å². The Balaban J connectivity index is 1.85. The van der Waals surface area contributed by atoms with E-state index in [0.717, 1.165) is 0 Å². The fourth-order valence-corrected chi connectivity index (χ4v) is 2.13. The molecule has 1 aromatic carbocycles. The molecule has 6 heteroatoms. The summed E-state index contributed by atoms with van der Waals surface area (Å²) in [5.41, 5.74) is 9.31. The topological polar surface area (TPSA) is 86.0 Å². The molecule has 0 fully saturated rings. The van der Waals surface area contributed by atoms with Crippen LogP contribution in [0, 0.1) is 20.8 Å². The number of hydrogen-bond donors (Lipinski definition) is 2. The maximum absolute atomic E-state index is 5.79. The third-order valence-electron chi connectivity index (χ3n) is 3.27. The lowest BCUT2D eigenvalue weighted by atomic mass is 10.1. The van der Waals surface area contributed by atoms with Crippen molar-refractivity contribution in [2.45, 2.75) is 40.3 Å². The Morgan fingerprint density at radius 1 is 1.18 bits per heavy atom. The van der Waals surface area contributed by atoms with E-state index >= 15 is 0 Å². The van der Waals surface area contributed by atoms with E-state index < -0.39 is 0 Å². The molecule has 0 radical (unpaired) electrons. The van der Waals surface area contributed by atoms with Gasteiger partial charge in [-0.15, -0.1) is 0 Å². The molecule has 0 saturated heterocycles. The highest BCUT2D eigenvalue weighted by Gasteiger charge is 2.07. The summed E-state index contributed by atoms with van der Waals surface area (Å²) in [6, 6.07) is 6.46. The van der Waals surface area contributed by atoms with Gasteiger partial charge in [0.05, 0.1) is 13.2 Å². The van der Waals surface area contributed by atoms with Gasteiger partial charge in [-0.1, -0.05) is 23.8 Å². The summed E-state index contributed by atoms with van der Waals surface area (Å²) in [5, 5.41) is 3.17. The zero-order valence-corrected chi connectivity index (χ0v) is 13.6. The maximum atomic E-state index is 5.79. The number of hydrogen-bond acceptors (Lipinski definition) is 6. The molecule has 0 amide bonds. The second kappa shape index (κ2) is 7.17. The second-order valence-corrected chi connectivity index (χ2v) is 5.55. The van der Waals surface area contributed by atoms with E-state index in [4.69, 9.17) is 10.5 Å². The van der Waals surface area contributed by atoms with Crippen LogP contribution in [-0.4, -0.2) is 27.6 Å². The van der Waals surface area contributed by atoms with E-state index in [1.165, 1.54) is 16.7 Å². The van der Waals surface area contributed by atoms with Crippen LogP contribution in [0.3, 0.4) is 0 Å². The van der Waals surface area contributed by atoms with E-state index in [1.54, 1.807) is 6.92 Å². The summed E-state index contributed by atoms with van der Waals surface area (Å²) in [6.45, 7) is 9.12. The number of aromatic nitrogens is 3. The Bertz CT molecular complexity index is 624. The van der Waals surface area contributed by atoms with Crippen LogP contribution in [0.2, 0.25) is 0 Å². The van der Waals surface area contributed by atoms with Gasteiger partial charge >= 0.3 is 0 Å². The van der Waals surface area contributed by atoms with E-state index in [9.17, 15) is 0 Å². The summed E-state index contributed by atoms with van der Waals surface area (Å²) >= 11 is 0. The molecular formula is C16H23N5O. The molecule has 3 N–H and O–H groups in total. The molecule has 0 aliphatic rings. The van der Waals surface area contributed by atoms with Gasteiger partial charge in [0.15, 0.2) is 0 Å². The predicted octanol–water partition coefficient (Wildman–Crippen LogP) is 2.40. The first-order valence-corrected chi connectivity index (χ1v) is 7.32. The minimum absolute atomic E-state index is 0.0753. The van der Waals surface area contributed by atoms with Crippen LogP contribution in [0.1, 0.15) is 29.4 Å². The zero-order chi connectivity index (χ0) is 16.1. The third kappa shape index (κ3) is 4.66. The number of nitrogen functional groups attached to an aromatic ring is 1. The highest BCUT2D eigenvalue weighted by molar-refractivity contribution is 5.32. The van der Waals surface area contributed by atoms with Gasteiger partial charge in [-0.25, -0.2) is 0 Å². The molecule has 0 spiro atoms. The summed E-state index contributed by atoms with van der Waals surface area (Å²) in [5.74, 6) is 1.30. The first-order chi connectivity index (χ1) is 10.4. The van der Waals surface area contributed by atoms with Crippen molar-refractivity contribution in [1.82, 2.24) is 15.0 Å². The Labute approximate surface area is 131 Å². The largest absolute Gasteiger partial charge is 0.375 e. The highest BCUT2D eigenvalue weighted by atomic mass is 16.5. The molecule has 118 valence electrons. The number of anilines is 2. The molecule has 2 aromatic rings. The van der Waals surface area contributed by atoms with Crippen molar-refractivity contribution in [3.63, 3.8) is 0 Å². The first-order valence-electron chi connectivity index (χ1n) is 7.32. The molecule has 6 nitrogen and oxygen atoms in total. The molecule has 1 heterocycles. The third-order valence-corrected chi connectivity index (χ3v) is 3.27. The number of benzene rings is 1. The van der Waals surface area contributed by atoms with Crippen LogP contribution in [0.15, 0.2) is 18.2 Å². The maximum Gasteiger partial charge on any atom is 0.228 e. The number of ether oxygens (including phenoxy) is 1. The Morgan fingerprint density at radius 2 is 1.95 bits per heavy atom. The number of aryl methyl sites for hydroxylation is 3. The molecular weight excluding hydrogens is 278 g/mol. The molecule has 1 aromatic heterocycles. The quantitative estimate of drug-likeness (QED) is 0.852. The van der Waals surface area contributed by atoms with Gasteiger partial charge in [0.2, 0.25) is 11.9 Å². The zero-order valence-electron chi connectivity index (χ0n) is 13.6. The van der Waals surface area contributed by atoms with Crippen LogP contribution < -0.4 is 11.1 Å². The van der Waals surface area contributed by atoms with Crippen molar-refractivity contribution in [2.75, 3.05) is 17.7 Å². The molecule has 0 bridgehead atoms. The highest BCUT2D eigenvalue weighted by Crippen LogP contribution is 2.12. The number of nitrogens with one attached hydrogen (secondary N) is 1. The average molecular weight is 301 g/mol. The molecule has 1 unspecified atom stereocenters. The monoisotopic (exact) mass is 301 g/mol. The first kappa shape index (κ1) is 16.2. The van der Waals surface area contributed by atoms with Crippen LogP contribution in [0.4, 0.5) is 11.9 Å². The Hall–Kier alpha value is -2.21. The van der Waals surface area contributed by atoms with Crippen LogP contribution in [0.5, 0.6) is 0 Å². The van der Waals surface area contributed by atoms with Gasteiger partial charge in [0.25, 0.3) is 0 Å². The lowest BCUT2D eigenvalue weighted by Crippen LogP contribution is -2.23. The predicted molar refractivity (Wildman–Crippen MR) is 87.6 cm³/mol. The van der Waals surface area contributed by atoms with Crippen molar-refractivity contribution in [3.05, 3.63) is 40.7 Å². The van der Waals surface area contributed by atoms with Gasteiger partial charge in [-0.05, 0) is 38.8 Å². The van der Waals surface area contributed by atoms with Crippen molar-refractivity contribution in [3.8, 4) is 0 Å². The summed E-state index contributed by atoms with van der Waals surface area (Å²) in [6.07, 6.45) is 0. The van der Waals surface area contributed by atoms with Gasteiger partial charge in [0, 0.05) is 6.04 Å². The van der Waals surface area contributed by atoms with Crippen LogP contribution in [0.25, 0.3) is 0 Å². The number of nitrogens with zero attached hydrogens (tertiary/aromatic N) is 3. The second-order valence-electron chi connectivity index (χ2n) is 5.55. The molecule has 0 saturated carbocycles. The van der Waals surface area contributed by atoms with E-state index in [-0.39, 0.29) is 12.0 Å². The van der Waals surface area contributed by atoms with Crippen LogP contribution >= 0.6 is 0 Å². The fraction of sp³-hybridized carbons (Fsp3) is 0.438. The standard InChI is InChI=1S/C16H23N5O/c1-10-5-6-11(2)14(7-10)9-22-8-12(3)18-16-20-13(4)19-15(17)21-16/h5-7,12H,8-9H2,1-4H3,(H3,17,18,19,20,21). The van der Waals surface area contributed by atoms with Crippen molar-refractivity contribution < 1.29 is 4.74 Å². The SMILES string of the molecule is Cc1ccc(C)c(COCC(C)Nc2nc(C)nc(N)n2)c1. The molecule has 0 aliphatic carbocycles. The van der Waals surface area contributed by atoms with Crippen molar-refractivity contribution in [1.29, 1.82) is 0 Å². The number of rotatable bonds is 6. The Kier molecular flexibility index (Phi) is 5.27. The minimum Gasteiger partial charge on any atom is -0.375 e. The van der Waals surface area contributed by atoms with Crippen LogP contribution in [-0.2, 0) is 11.3 Å². The van der Waals surface area contributed by atoms with Gasteiger partial charge in [0.1, 0.15) is 5.82 Å². The lowest BCUT2D eigenvalue weighted by Gasteiger charge is -2.15. The summed E-state index contributed by atoms with van der Waals surface area (Å²) in [7, 11) is 0. The van der Waals surface area contributed by atoms with E-state index in [1.807, 2.05) is 6.92 Å². The summed E-state index contributed by atoms with van der Waals surface area (Å²) in [4.78, 5) is 12.2. The Morgan fingerprint density at radius 3 is 2.68 bits per heavy atom.